The zero-order chi connectivity index (χ0) is 13.4. The van der Waals surface area contributed by atoms with Crippen molar-refractivity contribution in [3.05, 3.63) is 34.5 Å². The molecule has 1 aromatic carbocycles. The number of fused-ring (bicyclic) bond motifs is 1. The summed E-state index contributed by atoms with van der Waals surface area (Å²) in [5, 5.41) is 1.15. The molecular weight excluding hydrogens is 304 g/mol. The average Bonchev–Trinajstić information content (AvgIpc) is 2.80. The van der Waals surface area contributed by atoms with E-state index in [9.17, 15) is 0 Å². The van der Waals surface area contributed by atoms with Crippen molar-refractivity contribution in [2.45, 2.75) is 31.8 Å². The van der Waals surface area contributed by atoms with E-state index in [0.717, 1.165) is 40.7 Å². The Hall–Kier alpha value is -0.840. The van der Waals surface area contributed by atoms with Crippen LogP contribution >= 0.6 is 15.9 Å². The maximum absolute atomic E-state index is 6.06. The van der Waals surface area contributed by atoms with Gasteiger partial charge in [0.1, 0.15) is 11.3 Å². The molecule has 4 heteroatoms. The zero-order valence-electron chi connectivity index (χ0n) is 11.1. The molecule has 0 spiro atoms. The first-order chi connectivity index (χ1) is 9.13. The predicted octanol–water partition coefficient (Wildman–Crippen LogP) is 3.68. The topological polar surface area (TPSA) is 42.4 Å². The Labute approximate surface area is 121 Å². The highest BCUT2D eigenvalue weighted by Crippen LogP contribution is 2.30. The minimum atomic E-state index is 0.289. The van der Waals surface area contributed by atoms with Crippen molar-refractivity contribution in [3.8, 4) is 0 Å². The molecule has 102 valence electrons. The van der Waals surface area contributed by atoms with Gasteiger partial charge in [0.25, 0.3) is 0 Å². The Bertz CT molecular complexity index is 581. The quantitative estimate of drug-likeness (QED) is 0.917. The molecule has 0 bridgehead atoms. The van der Waals surface area contributed by atoms with Gasteiger partial charge >= 0.3 is 0 Å². The van der Waals surface area contributed by atoms with Gasteiger partial charge in [0.15, 0.2) is 0 Å². The third-order valence-corrected chi connectivity index (χ3v) is 4.44. The summed E-state index contributed by atoms with van der Waals surface area (Å²) in [4.78, 5) is 2.42. The van der Waals surface area contributed by atoms with Gasteiger partial charge in [-0.2, -0.15) is 0 Å². The van der Waals surface area contributed by atoms with Crippen LogP contribution in [0.2, 0.25) is 0 Å². The van der Waals surface area contributed by atoms with Crippen molar-refractivity contribution in [2.24, 2.45) is 5.73 Å². The Morgan fingerprint density at radius 1 is 1.42 bits per heavy atom. The normalized spacial score (nSPS) is 22.8. The molecule has 0 radical (unpaired) electrons. The van der Waals surface area contributed by atoms with Crippen LogP contribution in [0, 0.1) is 0 Å². The summed E-state index contributed by atoms with van der Waals surface area (Å²) in [6.07, 6.45) is 2.31. The second-order valence-corrected chi connectivity index (χ2v) is 6.32. The summed E-state index contributed by atoms with van der Waals surface area (Å²) < 4.78 is 7.05. The van der Waals surface area contributed by atoms with E-state index in [4.69, 9.17) is 10.2 Å². The maximum atomic E-state index is 6.06. The minimum Gasteiger partial charge on any atom is -0.459 e. The zero-order valence-corrected chi connectivity index (χ0v) is 12.7. The van der Waals surface area contributed by atoms with E-state index in [1.165, 1.54) is 6.42 Å². The molecule has 1 aromatic heterocycles. The molecule has 0 aliphatic carbocycles. The van der Waals surface area contributed by atoms with Crippen LogP contribution in [0.1, 0.15) is 31.6 Å². The van der Waals surface area contributed by atoms with E-state index >= 15 is 0 Å². The number of nitrogens with two attached hydrogens (primary N) is 1. The van der Waals surface area contributed by atoms with Crippen LogP contribution in [0.4, 0.5) is 0 Å². The van der Waals surface area contributed by atoms with Crippen molar-refractivity contribution in [3.63, 3.8) is 0 Å². The molecule has 3 nitrogen and oxygen atoms in total. The molecular formula is C15H19BrN2O. The second-order valence-electron chi connectivity index (χ2n) is 5.40. The van der Waals surface area contributed by atoms with Crippen molar-refractivity contribution >= 4 is 26.9 Å². The Kier molecular flexibility index (Phi) is 3.65. The van der Waals surface area contributed by atoms with Crippen LogP contribution in [-0.2, 0) is 0 Å². The maximum Gasteiger partial charge on any atom is 0.134 e. The summed E-state index contributed by atoms with van der Waals surface area (Å²) in [5.74, 6) is 1.03. The van der Waals surface area contributed by atoms with Gasteiger partial charge in [-0.15, -0.1) is 0 Å². The van der Waals surface area contributed by atoms with Crippen LogP contribution < -0.4 is 5.73 Å². The Balaban J connectivity index is 1.86. The molecule has 2 aromatic rings. The van der Waals surface area contributed by atoms with Crippen molar-refractivity contribution in [2.75, 3.05) is 13.1 Å². The fourth-order valence-electron chi connectivity index (χ4n) is 2.81. The summed E-state index contributed by atoms with van der Waals surface area (Å²) in [6.45, 7) is 4.27. The molecule has 0 saturated carbocycles. The van der Waals surface area contributed by atoms with Gasteiger partial charge in [-0.1, -0.05) is 15.9 Å². The summed E-state index contributed by atoms with van der Waals surface area (Å²) in [5.41, 5.74) is 7.01. The first-order valence-electron chi connectivity index (χ1n) is 6.82. The average molecular weight is 323 g/mol. The number of nitrogens with zero attached hydrogens (tertiary/aromatic N) is 1. The molecule has 2 heterocycles. The molecule has 2 N–H and O–H groups in total. The number of furan rings is 1. The van der Waals surface area contributed by atoms with Gasteiger partial charge in [-0.25, -0.2) is 0 Å². The monoisotopic (exact) mass is 322 g/mol. The highest BCUT2D eigenvalue weighted by molar-refractivity contribution is 9.10. The van der Waals surface area contributed by atoms with Crippen LogP contribution in [0.15, 0.2) is 33.2 Å². The van der Waals surface area contributed by atoms with E-state index in [2.05, 4.69) is 39.9 Å². The smallest absolute Gasteiger partial charge is 0.134 e. The first-order valence-corrected chi connectivity index (χ1v) is 7.61. The Morgan fingerprint density at radius 2 is 2.26 bits per heavy atom. The summed E-state index contributed by atoms with van der Waals surface area (Å²) in [7, 11) is 0. The molecule has 1 fully saturated rings. The fourth-order valence-corrected chi connectivity index (χ4v) is 3.19. The number of likely N-dealkylation sites (tertiary alicyclic amines) is 1. The standard InChI is InChI=1S/C15H19BrN2O/c1-10(18-6-2-3-13(17)9-18)15-8-11-7-12(16)4-5-14(11)19-15/h4-5,7-8,10,13H,2-3,6,9,17H2,1H3. The van der Waals surface area contributed by atoms with Gasteiger partial charge in [0, 0.05) is 22.4 Å². The molecule has 19 heavy (non-hydrogen) atoms. The van der Waals surface area contributed by atoms with E-state index in [-0.39, 0.29) is 6.04 Å². The number of hydrogen-bond acceptors (Lipinski definition) is 3. The number of halogens is 1. The third-order valence-electron chi connectivity index (χ3n) is 3.95. The van der Waals surface area contributed by atoms with Crippen LogP contribution in [0.25, 0.3) is 11.0 Å². The van der Waals surface area contributed by atoms with E-state index in [1.807, 2.05) is 12.1 Å². The van der Waals surface area contributed by atoms with Gasteiger partial charge in [0.05, 0.1) is 6.04 Å². The largest absolute Gasteiger partial charge is 0.459 e. The van der Waals surface area contributed by atoms with Crippen LogP contribution in [0.3, 0.4) is 0 Å². The molecule has 1 aliphatic rings. The predicted molar refractivity (Wildman–Crippen MR) is 81.1 cm³/mol. The third kappa shape index (κ3) is 2.71. The minimum absolute atomic E-state index is 0.289. The number of piperidine rings is 1. The van der Waals surface area contributed by atoms with E-state index < -0.39 is 0 Å². The van der Waals surface area contributed by atoms with E-state index in [1.54, 1.807) is 0 Å². The van der Waals surface area contributed by atoms with Crippen LogP contribution in [0.5, 0.6) is 0 Å². The lowest BCUT2D eigenvalue weighted by Crippen LogP contribution is -2.43. The lowest BCUT2D eigenvalue weighted by Gasteiger charge is -2.34. The molecule has 2 atom stereocenters. The summed E-state index contributed by atoms with van der Waals surface area (Å²) in [6, 6.07) is 8.85. The lowest BCUT2D eigenvalue weighted by molar-refractivity contribution is 0.145. The van der Waals surface area contributed by atoms with Gasteiger partial charge in [-0.05, 0) is 50.6 Å². The molecule has 0 amide bonds. The van der Waals surface area contributed by atoms with E-state index in [0.29, 0.717) is 6.04 Å². The second kappa shape index (κ2) is 5.27. The van der Waals surface area contributed by atoms with Crippen molar-refractivity contribution in [1.82, 2.24) is 4.90 Å². The fraction of sp³-hybridized carbons (Fsp3) is 0.467. The number of benzene rings is 1. The molecule has 1 saturated heterocycles. The van der Waals surface area contributed by atoms with Crippen LogP contribution in [-0.4, -0.2) is 24.0 Å². The number of hydrogen-bond donors (Lipinski definition) is 1. The van der Waals surface area contributed by atoms with Crippen molar-refractivity contribution < 1.29 is 4.42 Å². The number of rotatable bonds is 2. The highest BCUT2D eigenvalue weighted by Gasteiger charge is 2.24. The summed E-state index contributed by atoms with van der Waals surface area (Å²) >= 11 is 3.49. The highest BCUT2D eigenvalue weighted by atomic mass is 79.9. The SMILES string of the molecule is CC(c1cc2cc(Br)ccc2o1)N1CCCC(N)C1. The Morgan fingerprint density at radius 3 is 3.05 bits per heavy atom. The molecule has 3 rings (SSSR count). The molecule has 1 aliphatic heterocycles. The lowest BCUT2D eigenvalue weighted by atomic mass is 10.0. The molecule has 2 unspecified atom stereocenters. The first kappa shape index (κ1) is 13.2. The van der Waals surface area contributed by atoms with Gasteiger partial charge < -0.3 is 10.2 Å². The van der Waals surface area contributed by atoms with Gasteiger partial charge in [0.2, 0.25) is 0 Å². The van der Waals surface area contributed by atoms with Gasteiger partial charge in [-0.3, -0.25) is 4.90 Å². The van der Waals surface area contributed by atoms with Crippen molar-refractivity contribution in [1.29, 1.82) is 0 Å².